The zero-order valence-electron chi connectivity index (χ0n) is 11.7. The van der Waals surface area contributed by atoms with Crippen molar-refractivity contribution in [1.29, 1.82) is 0 Å². The van der Waals surface area contributed by atoms with Crippen LogP contribution in [-0.4, -0.2) is 5.60 Å². The van der Waals surface area contributed by atoms with Crippen molar-refractivity contribution >= 4 is 5.69 Å². The smallest absolute Gasteiger partial charge is 0.123 e. The molecule has 4 aliphatic rings. The molecular weight excluding hydrogens is 234 g/mol. The van der Waals surface area contributed by atoms with Gasteiger partial charge in [-0.3, -0.25) is 0 Å². The summed E-state index contributed by atoms with van der Waals surface area (Å²) in [5.41, 5.74) is 7.99. The Morgan fingerprint density at radius 3 is 2.16 bits per heavy atom. The van der Waals surface area contributed by atoms with Crippen molar-refractivity contribution in [2.45, 2.75) is 51.0 Å². The first-order valence-corrected chi connectivity index (χ1v) is 7.67. The van der Waals surface area contributed by atoms with Gasteiger partial charge in [-0.1, -0.05) is 0 Å². The van der Waals surface area contributed by atoms with E-state index >= 15 is 0 Å². The number of hydrogen-bond acceptors (Lipinski definition) is 2. The van der Waals surface area contributed by atoms with Gasteiger partial charge in [-0.25, -0.2) is 0 Å². The molecule has 0 atom stereocenters. The Hall–Kier alpha value is -1.18. The van der Waals surface area contributed by atoms with Crippen molar-refractivity contribution in [2.24, 2.45) is 17.8 Å². The van der Waals surface area contributed by atoms with Gasteiger partial charge in [-0.05, 0) is 87.0 Å². The van der Waals surface area contributed by atoms with Gasteiger partial charge in [0.1, 0.15) is 11.4 Å². The predicted octanol–water partition coefficient (Wildman–Crippen LogP) is 3.92. The minimum Gasteiger partial charge on any atom is -0.487 e. The Morgan fingerprint density at radius 1 is 1.05 bits per heavy atom. The van der Waals surface area contributed by atoms with Crippen LogP contribution in [0.5, 0.6) is 5.75 Å². The highest BCUT2D eigenvalue weighted by Crippen LogP contribution is 2.57. The van der Waals surface area contributed by atoms with Crippen LogP contribution in [0.4, 0.5) is 5.69 Å². The molecule has 4 bridgehead atoms. The van der Waals surface area contributed by atoms with E-state index in [9.17, 15) is 0 Å². The lowest BCUT2D eigenvalue weighted by molar-refractivity contribution is -0.107. The zero-order chi connectivity index (χ0) is 13.0. The van der Waals surface area contributed by atoms with Crippen LogP contribution in [0, 0.1) is 24.7 Å². The summed E-state index contributed by atoms with van der Waals surface area (Å²) in [6, 6.07) is 6.04. The topological polar surface area (TPSA) is 35.2 Å². The molecule has 1 aromatic carbocycles. The molecule has 0 amide bonds. The number of nitrogens with two attached hydrogens (primary N) is 1. The van der Waals surface area contributed by atoms with Crippen molar-refractivity contribution in [1.82, 2.24) is 0 Å². The van der Waals surface area contributed by atoms with Gasteiger partial charge in [0.15, 0.2) is 0 Å². The normalized spacial score (nSPS) is 39.5. The van der Waals surface area contributed by atoms with E-state index in [1.54, 1.807) is 0 Å². The van der Waals surface area contributed by atoms with E-state index < -0.39 is 0 Å². The average Bonchev–Trinajstić information content (AvgIpc) is 2.31. The summed E-state index contributed by atoms with van der Waals surface area (Å²) >= 11 is 0. The summed E-state index contributed by atoms with van der Waals surface area (Å²) in [6.45, 7) is 2.10. The van der Waals surface area contributed by atoms with E-state index in [0.29, 0.717) is 0 Å². The van der Waals surface area contributed by atoms with Gasteiger partial charge in [0.05, 0.1) is 0 Å². The maximum absolute atomic E-state index is 6.54. The molecule has 4 saturated carbocycles. The molecule has 2 heteroatoms. The minimum absolute atomic E-state index is 0.148. The number of aryl methyl sites for hydroxylation is 1. The van der Waals surface area contributed by atoms with Crippen molar-refractivity contribution < 1.29 is 4.74 Å². The fraction of sp³-hybridized carbons (Fsp3) is 0.647. The summed E-state index contributed by atoms with van der Waals surface area (Å²) in [5, 5.41) is 0. The van der Waals surface area contributed by atoms with E-state index in [1.165, 1.54) is 44.1 Å². The standard InChI is InChI=1S/C17H23NO/c1-11-4-15(18)2-3-16(11)19-17-8-12-5-13(9-17)7-14(6-12)10-17/h2-4,12-14H,5-10,18H2,1H3. The summed E-state index contributed by atoms with van der Waals surface area (Å²) in [5.74, 6) is 3.84. The van der Waals surface area contributed by atoms with Crippen LogP contribution in [0.2, 0.25) is 0 Å². The van der Waals surface area contributed by atoms with Gasteiger partial charge in [-0.2, -0.15) is 0 Å². The number of ether oxygens (including phenoxy) is 1. The molecule has 0 unspecified atom stereocenters. The first-order valence-electron chi connectivity index (χ1n) is 7.67. The fourth-order valence-electron chi connectivity index (χ4n) is 5.18. The fourth-order valence-corrected chi connectivity index (χ4v) is 5.18. The maximum atomic E-state index is 6.54. The highest BCUT2D eigenvalue weighted by atomic mass is 16.5. The van der Waals surface area contributed by atoms with Gasteiger partial charge in [0.25, 0.3) is 0 Å². The number of hydrogen-bond donors (Lipinski definition) is 1. The molecular formula is C17H23NO. The van der Waals surface area contributed by atoms with E-state index in [0.717, 1.165) is 29.2 Å². The Bertz CT molecular complexity index is 473. The Kier molecular flexibility index (Phi) is 2.39. The van der Waals surface area contributed by atoms with E-state index in [4.69, 9.17) is 10.5 Å². The third kappa shape index (κ3) is 1.92. The first kappa shape index (κ1) is 11.6. The van der Waals surface area contributed by atoms with Crippen LogP contribution in [0.1, 0.15) is 44.1 Å². The number of benzene rings is 1. The molecule has 2 nitrogen and oxygen atoms in total. The Balaban J connectivity index is 1.62. The Labute approximate surface area is 115 Å². The molecule has 102 valence electrons. The maximum Gasteiger partial charge on any atom is 0.123 e. The molecule has 1 aromatic rings. The van der Waals surface area contributed by atoms with Crippen molar-refractivity contribution in [3.8, 4) is 5.75 Å². The average molecular weight is 257 g/mol. The molecule has 0 aliphatic heterocycles. The molecule has 4 aliphatic carbocycles. The van der Waals surface area contributed by atoms with Gasteiger partial charge in [0.2, 0.25) is 0 Å². The lowest BCUT2D eigenvalue weighted by Gasteiger charge is -2.56. The molecule has 4 fully saturated rings. The largest absolute Gasteiger partial charge is 0.487 e. The van der Waals surface area contributed by atoms with Gasteiger partial charge in [0, 0.05) is 5.69 Å². The van der Waals surface area contributed by atoms with Gasteiger partial charge < -0.3 is 10.5 Å². The third-order valence-corrected chi connectivity index (χ3v) is 5.51. The van der Waals surface area contributed by atoms with E-state index in [1.807, 2.05) is 12.1 Å². The number of rotatable bonds is 2. The second kappa shape index (κ2) is 3.91. The van der Waals surface area contributed by atoms with Gasteiger partial charge in [-0.15, -0.1) is 0 Å². The highest BCUT2D eigenvalue weighted by molar-refractivity contribution is 5.47. The quantitative estimate of drug-likeness (QED) is 0.815. The second-order valence-corrected chi connectivity index (χ2v) is 7.23. The molecule has 0 aromatic heterocycles. The minimum atomic E-state index is 0.148. The monoisotopic (exact) mass is 257 g/mol. The number of anilines is 1. The summed E-state index contributed by atoms with van der Waals surface area (Å²) in [6.07, 6.45) is 8.23. The summed E-state index contributed by atoms with van der Waals surface area (Å²) < 4.78 is 6.54. The SMILES string of the molecule is Cc1cc(N)ccc1OC12CC3CC(CC(C3)C1)C2. The first-order chi connectivity index (χ1) is 9.12. The molecule has 0 heterocycles. The van der Waals surface area contributed by atoms with Crippen LogP contribution in [0.15, 0.2) is 18.2 Å². The van der Waals surface area contributed by atoms with E-state index in [2.05, 4.69) is 13.0 Å². The molecule has 0 saturated heterocycles. The molecule has 0 spiro atoms. The summed E-state index contributed by atoms with van der Waals surface area (Å²) in [7, 11) is 0. The van der Waals surface area contributed by atoms with Crippen molar-refractivity contribution in [3.05, 3.63) is 23.8 Å². The molecule has 2 N–H and O–H groups in total. The highest BCUT2D eigenvalue weighted by Gasteiger charge is 2.52. The lowest BCUT2D eigenvalue weighted by Crippen LogP contribution is -2.53. The zero-order valence-corrected chi connectivity index (χ0v) is 11.7. The third-order valence-electron chi connectivity index (χ3n) is 5.51. The molecule has 5 rings (SSSR count). The van der Waals surface area contributed by atoms with Crippen molar-refractivity contribution in [3.63, 3.8) is 0 Å². The predicted molar refractivity (Wildman–Crippen MR) is 77.1 cm³/mol. The lowest BCUT2D eigenvalue weighted by atomic mass is 9.54. The van der Waals surface area contributed by atoms with Gasteiger partial charge >= 0.3 is 0 Å². The summed E-state index contributed by atoms with van der Waals surface area (Å²) in [4.78, 5) is 0. The van der Waals surface area contributed by atoms with Crippen LogP contribution >= 0.6 is 0 Å². The number of nitrogen functional groups attached to an aromatic ring is 1. The van der Waals surface area contributed by atoms with E-state index in [-0.39, 0.29) is 5.60 Å². The van der Waals surface area contributed by atoms with Crippen LogP contribution in [-0.2, 0) is 0 Å². The van der Waals surface area contributed by atoms with Crippen LogP contribution < -0.4 is 10.5 Å². The molecule has 19 heavy (non-hydrogen) atoms. The molecule has 0 radical (unpaired) electrons. The van der Waals surface area contributed by atoms with Crippen LogP contribution in [0.3, 0.4) is 0 Å². The van der Waals surface area contributed by atoms with Crippen molar-refractivity contribution in [2.75, 3.05) is 5.73 Å². The Morgan fingerprint density at radius 2 is 1.63 bits per heavy atom. The second-order valence-electron chi connectivity index (χ2n) is 7.23. The van der Waals surface area contributed by atoms with Crippen LogP contribution in [0.25, 0.3) is 0 Å².